The summed E-state index contributed by atoms with van der Waals surface area (Å²) >= 11 is 0. The van der Waals surface area contributed by atoms with Crippen LogP contribution in [0.2, 0.25) is 0 Å². The highest BCUT2D eigenvalue weighted by Crippen LogP contribution is 2.44. The quantitative estimate of drug-likeness (QED) is 0.192. The van der Waals surface area contributed by atoms with E-state index in [1.807, 2.05) is 0 Å². The summed E-state index contributed by atoms with van der Waals surface area (Å²) in [7, 11) is 0. The number of benzene rings is 8. The van der Waals surface area contributed by atoms with Crippen LogP contribution in [0, 0.1) is 0 Å². The van der Waals surface area contributed by atoms with Crippen LogP contribution in [0.5, 0.6) is 0 Å². The minimum Gasteiger partial charge on any atom is -0.456 e. The minimum atomic E-state index is -0.885. The van der Waals surface area contributed by atoms with E-state index in [-0.39, 0.29) is 10.8 Å². The lowest BCUT2D eigenvalue weighted by Gasteiger charge is -2.17. The molecule has 0 spiro atoms. The van der Waals surface area contributed by atoms with E-state index >= 15 is 0 Å². The Hall–Kier alpha value is -5.66. The van der Waals surface area contributed by atoms with Gasteiger partial charge in [-0.2, -0.15) is 0 Å². The molecule has 0 aliphatic rings. The van der Waals surface area contributed by atoms with Crippen LogP contribution in [-0.2, 0) is 0 Å². The molecule has 0 amide bonds. The zero-order valence-corrected chi connectivity index (χ0v) is 21.5. The Labute approximate surface area is 284 Å². The molecule has 43 heavy (non-hydrogen) atoms. The molecule has 0 radical (unpaired) electrons. The standard InChI is InChI=1S/C42H26O/c1-2-12-28(13-3-1)41-35-16-6-8-18-37(35)42(38-19-9-7-17-36(38)41)30-22-24-34-33-23-21-29(25-39(33)43-40(34)26-30)32-20-10-14-27-11-4-5-15-31(27)32/h1-26H/i1D,2D,3D,4D,5D,6D,7D,8D,9D,10D,11D,12D,13D,14D,15D,16D,17D,18D,19D,20D,21D,22D,23D,24D,25D. The molecule has 0 atom stereocenters. The lowest BCUT2D eigenvalue weighted by Crippen LogP contribution is -1.90. The summed E-state index contributed by atoms with van der Waals surface area (Å²) in [5.41, 5.74) is -4.35. The third-order valence-electron chi connectivity index (χ3n) is 7.04. The summed E-state index contributed by atoms with van der Waals surface area (Å²) in [4.78, 5) is 0. The largest absolute Gasteiger partial charge is 0.456 e. The van der Waals surface area contributed by atoms with Crippen LogP contribution in [0.4, 0.5) is 0 Å². The monoisotopic (exact) mass is 571 g/mol. The Bertz CT molecular complexity index is 3790. The first-order valence-corrected chi connectivity index (χ1v) is 12.7. The van der Waals surface area contributed by atoms with E-state index in [9.17, 15) is 11.0 Å². The lowest BCUT2D eigenvalue weighted by molar-refractivity contribution is 0.669. The van der Waals surface area contributed by atoms with Gasteiger partial charge in [0, 0.05) is 10.8 Å². The SMILES string of the molecule is [2H]c1c([2H])c([2H])c(-c2c3c([2H])c([2H])c([2H])c([2H])c3c(-c3cc4oc5c([2H])c(-c6c([2H])c([2H])c([2H])c7c([2H])c([2H])c([2H])c([2H])c67)c([2H])c([2H])c5c4c([2H])c3[2H])c3c([2H])c([2H])c([2H])c([2H])c23)c([2H])c1[2H]. The molecule has 0 saturated carbocycles. The molecule has 0 saturated heterocycles. The maximum absolute atomic E-state index is 9.45. The summed E-state index contributed by atoms with van der Waals surface area (Å²) in [5, 5.41) is -3.98. The van der Waals surface area contributed by atoms with Gasteiger partial charge in [-0.15, -0.1) is 0 Å². The zero-order chi connectivity index (χ0) is 50.1. The van der Waals surface area contributed by atoms with Crippen molar-refractivity contribution in [1.29, 1.82) is 0 Å². The van der Waals surface area contributed by atoms with Crippen LogP contribution in [0.15, 0.2) is 162 Å². The van der Waals surface area contributed by atoms with Gasteiger partial charge in [0.25, 0.3) is 0 Å². The molecule has 9 rings (SSSR count). The summed E-state index contributed by atoms with van der Waals surface area (Å²) in [5.74, 6) is 0. The van der Waals surface area contributed by atoms with Crippen molar-refractivity contribution >= 4 is 54.3 Å². The van der Waals surface area contributed by atoms with E-state index < -0.39 is 228 Å². The zero-order valence-electron chi connectivity index (χ0n) is 46.5. The van der Waals surface area contributed by atoms with Crippen LogP contribution >= 0.6 is 0 Å². The molecule has 1 aromatic heterocycles. The van der Waals surface area contributed by atoms with Crippen molar-refractivity contribution < 1.29 is 38.7 Å². The van der Waals surface area contributed by atoms with Gasteiger partial charge in [-0.25, -0.2) is 0 Å². The van der Waals surface area contributed by atoms with Crippen molar-refractivity contribution in [2.75, 3.05) is 0 Å². The van der Waals surface area contributed by atoms with Gasteiger partial charge in [-0.05, 0) is 89.9 Å². The van der Waals surface area contributed by atoms with Gasteiger partial charge in [-0.1, -0.05) is 133 Å². The molecule has 0 aliphatic carbocycles. The highest BCUT2D eigenvalue weighted by Gasteiger charge is 2.18. The van der Waals surface area contributed by atoms with E-state index in [4.69, 9.17) is 27.7 Å². The molecule has 0 bridgehead atoms. The van der Waals surface area contributed by atoms with Crippen LogP contribution < -0.4 is 0 Å². The molecule has 9 aromatic rings. The molecule has 200 valence electrons. The van der Waals surface area contributed by atoms with Gasteiger partial charge in [0.2, 0.25) is 0 Å². The Morgan fingerprint density at radius 2 is 0.907 bits per heavy atom. The van der Waals surface area contributed by atoms with E-state index in [1.165, 1.54) is 0 Å². The van der Waals surface area contributed by atoms with Crippen molar-refractivity contribution in [3.63, 3.8) is 0 Å². The Balaban J connectivity index is 1.50. The Morgan fingerprint density at radius 1 is 0.372 bits per heavy atom. The molecule has 0 aliphatic heterocycles. The highest BCUT2D eigenvalue weighted by molar-refractivity contribution is 6.22. The molecule has 1 heteroatoms. The molecule has 1 heterocycles. The molecule has 0 fully saturated rings. The number of fused-ring (bicyclic) bond motifs is 6. The van der Waals surface area contributed by atoms with Gasteiger partial charge in [0.15, 0.2) is 0 Å². The first-order valence-electron chi connectivity index (χ1n) is 25.2. The minimum absolute atomic E-state index is 0.346. The summed E-state index contributed by atoms with van der Waals surface area (Å²) in [6.45, 7) is 0. The second kappa shape index (κ2) is 9.44. The van der Waals surface area contributed by atoms with Gasteiger partial charge in [0.05, 0.1) is 34.3 Å². The topological polar surface area (TPSA) is 13.1 Å². The number of rotatable bonds is 3. The molecular formula is C42H26O. The highest BCUT2D eigenvalue weighted by atomic mass is 16.3. The Kier molecular flexibility index (Phi) is 2.19. The maximum Gasteiger partial charge on any atom is 0.136 e. The van der Waals surface area contributed by atoms with Crippen molar-refractivity contribution in [2.45, 2.75) is 0 Å². The molecule has 8 aromatic carbocycles. The maximum atomic E-state index is 9.45. The van der Waals surface area contributed by atoms with Crippen molar-refractivity contribution in [2.24, 2.45) is 0 Å². The van der Waals surface area contributed by atoms with Crippen molar-refractivity contribution in [3.8, 4) is 33.4 Å². The smallest absolute Gasteiger partial charge is 0.136 e. The van der Waals surface area contributed by atoms with Gasteiger partial charge < -0.3 is 4.42 Å². The third-order valence-corrected chi connectivity index (χ3v) is 7.04. The third kappa shape index (κ3) is 3.72. The van der Waals surface area contributed by atoms with E-state index in [0.717, 1.165) is 6.07 Å². The number of furan rings is 1. The first-order chi connectivity index (χ1) is 31.7. The summed E-state index contributed by atoms with van der Waals surface area (Å²) in [6.07, 6.45) is 0. The van der Waals surface area contributed by atoms with E-state index in [1.54, 1.807) is 0 Å². The fourth-order valence-electron chi connectivity index (χ4n) is 5.23. The average molecular weight is 572 g/mol. The summed E-state index contributed by atoms with van der Waals surface area (Å²) in [6, 6.07) is -19.6. The van der Waals surface area contributed by atoms with E-state index in [0.29, 0.717) is 0 Å². The molecule has 0 unspecified atom stereocenters. The molecule has 1 nitrogen and oxygen atoms in total. The fraction of sp³-hybridized carbons (Fsp3) is 0. The fourth-order valence-corrected chi connectivity index (χ4v) is 5.23. The summed E-state index contributed by atoms with van der Waals surface area (Å²) < 4.78 is 227. The van der Waals surface area contributed by atoms with Crippen LogP contribution in [-0.4, -0.2) is 0 Å². The predicted molar refractivity (Wildman–Crippen MR) is 183 cm³/mol. The van der Waals surface area contributed by atoms with Crippen molar-refractivity contribution in [3.05, 3.63) is 157 Å². The van der Waals surface area contributed by atoms with Gasteiger partial charge in [-0.3, -0.25) is 0 Å². The average Bonchev–Trinajstić information content (AvgIpc) is 3.71. The van der Waals surface area contributed by atoms with Crippen LogP contribution in [0.3, 0.4) is 0 Å². The van der Waals surface area contributed by atoms with Crippen molar-refractivity contribution in [1.82, 2.24) is 0 Å². The van der Waals surface area contributed by atoms with Crippen LogP contribution in [0.25, 0.3) is 87.6 Å². The van der Waals surface area contributed by atoms with Gasteiger partial charge in [0.1, 0.15) is 11.2 Å². The second-order valence-electron chi connectivity index (χ2n) is 9.35. The lowest BCUT2D eigenvalue weighted by atomic mass is 9.86. The molecular weight excluding hydrogens is 520 g/mol. The molecule has 0 N–H and O–H groups in total. The number of hydrogen-bond acceptors (Lipinski definition) is 1. The first kappa shape index (κ1) is 9.97. The normalized spacial score (nSPS) is 19.9. The second-order valence-corrected chi connectivity index (χ2v) is 9.35. The van der Waals surface area contributed by atoms with Gasteiger partial charge >= 0.3 is 0 Å². The predicted octanol–water partition coefficient (Wildman–Crippen LogP) is 12.0. The number of hydrogen-bond donors (Lipinski definition) is 0. The van der Waals surface area contributed by atoms with E-state index in [2.05, 4.69) is 0 Å². The Morgan fingerprint density at radius 3 is 1.60 bits per heavy atom. The van der Waals surface area contributed by atoms with Crippen LogP contribution in [0.1, 0.15) is 34.3 Å².